The molecule has 0 unspecified atom stereocenters. The zero-order valence-corrected chi connectivity index (χ0v) is 16.9. The minimum absolute atomic E-state index is 0.0308. The number of ketones is 1. The molecular weight excluding hydrogens is 386 g/mol. The Bertz CT molecular complexity index is 1100. The van der Waals surface area contributed by atoms with Crippen LogP contribution in [0.15, 0.2) is 54.6 Å². The number of nitro groups is 1. The zero-order chi connectivity index (χ0) is 21.7. The fourth-order valence-electron chi connectivity index (χ4n) is 2.88. The van der Waals surface area contributed by atoms with Crippen molar-refractivity contribution in [2.45, 2.75) is 13.5 Å². The van der Waals surface area contributed by atoms with Crippen LogP contribution in [0, 0.1) is 17.0 Å². The SMILES string of the molecule is COc1cc(/C=C/C(=O)c2cc(C)nn2C)ccc1OCc1ccc([N+](=O)[O-])cc1. The molecule has 0 radical (unpaired) electrons. The van der Waals surface area contributed by atoms with Crippen LogP contribution in [-0.4, -0.2) is 27.6 Å². The topological polar surface area (TPSA) is 96.5 Å². The summed E-state index contributed by atoms with van der Waals surface area (Å²) in [5, 5.41) is 14.9. The number of aromatic nitrogens is 2. The molecule has 8 heteroatoms. The van der Waals surface area contributed by atoms with Crippen LogP contribution in [0.3, 0.4) is 0 Å². The van der Waals surface area contributed by atoms with E-state index in [1.807, 2.05) is 13.0 Å². The molecule has 0 spiro atoms. The highest BCUT2D eigenvalue weighted by Gasteiger charge is 2.10. The number of ether oxygens (including phenoxy) is 2. The van der Waals surface area contributed by atoms with Gasteiger partial charge in [-0.3, -0.25) is 19.6 Å². The van der Waals surface area contributed by atoms with E-state index in [1.165, 1.54) is 25.3 Å². The third-order valence-corrected chi connectivity index (χ3v) is 4.41. The fraction of sp³-hybridized carbons (Fsp3) is 0.182. The number of hydrogen-bond donors (Lipinski definition) is 0. The number of aryl methyl sites for hydroxylation is 2. The number of nitro benzene ring substituents is 1. The Labute approximate surface area is 173 Å². The van der Waals surface area contributed by atoms with Crippen LogP contribution in [0.1, 0.15) is 27.3 Å². The van der Waals surface area contributed by atoms with Crippen LogP contribution in [0.4, 0.5) is 5.69 Å². The number of benzene rings is 2. The Morgan fingerprint density at radius 3 is 2.50 bits per heavy atom. The van der Waals surface area contributed by atoms with Gasteiger partial charge in [0.2, 0.25) is 5.78 Å². The molecule has 0 fully saturated rings. The van der Waals surface area contributed by atoms with Gasteiger partial charge in [-0.25, -0.2) is 0 Å². The first-order valence-electron chi connectivity index (χ1n) is 9.14. The monoisotopic (exact) mass is 407 g/mol. The summed E-state index contributed by atoms with van der Waals surface area (Å²) in [7, 11) is 3.26. The van der Waals surface area contributed by atoms with Gasteiger partial charge in [-0.15, -0.1) is 0 Å². The van der Waals surface area contributed by atoms with Crippen molar-refractivity contribution in [2.24, 2.45) is 7.05 Å². The van der Waals surface area contributed by atoms with Crippen molar-refractivity contribution in [1.29, 1.82) is 0 Å². The lowest BCUT2D eigenvalue weighted by Gasteiger charge is -2.11. The van der Waals surface area contributed by atoms with Gasteiger partial charge in [0.05, 0.1) is 17.7 Å². The molecule has 154 valence electrons. The van der Waals surface area contributed by atoms with E-state index >= 15 is 0 Å². The Balaban J connectivity index is 1.69. The van der Waals surface area contributed by atoms with Crippen LogP contribution in [0.5, 0.6) is 11.5 Å². The van der Waals surface area contributed by atoms with E-state index in [-0.39, 0.29) is 18.1 Å². The highest BCUT2D eigenvalue weighted by atomic mass is 16.6. The molecule has 1 heterocycles. The van der Waals surface area contributed by atoms with Crippen LogP contribution in [0.2, 0.25) is 0 Å². The minimum Gasteiger partial charge on any atom is -0.493 e. The molecule has 0 saturated heterocycles. The molecule has 2 aromatic carbocycles. The number of methoxy groups -OCH3 is 1. The minimum atomic E-state index is -0.444. The Morgan fingerprint density at radius 2 is 1.90 bits per heavy atom. The molecule has 0 saturated carbocycles. The molecule has 30 heavy (non-hydrogen) atoms. The molecule has 0 aliphatic carbocycles. The Hall–Kier alpha value is -3.94. The number of nitrogens with zero attached hydrogens (tertiary/aromatic N) is 3. The number of rotatable bonds is 8. The molecule has 0 bridgehead atoms. The molecule has 0 aliphatic rings. The number of carbonyl (C=O) groups excluding carboxylic acids is 1. The van der Waals surface area contributed by atoms with Gasteiger partial charge in [-0.2, -0.15) is 5.10 Å². The third kappa shape index (κ3) is 4.91. The first-order chi connectivity index (χ1) is 14.4. The van der Waals surface area contributed by atoms with E-state index in [9.17, 15) is 14.9 Å². The maximum Gasteiger partial charge on any atom is 0.269 e. The normalized spacial score (nSPS) is 10.9. The summed E-state index contributed by atoms with van der Waals surface area (Å²) < 4.78 is 12.7. The maximum absolute atomic E-state index is 12.4. The van der Waals surface area contributed by atoms with Gasteiger partial charge >= 0.3 is 0 Å². The number of carbonyl (C=O) groups is 1. The average Bonchev–Trinajstić information content (AvgIpc) is 3.09. The number of allylic oxidation sites excluding steroid dienone is 1. The fourth-order valence-corrected chi connectivity index (χ4v) is 2.88. The molecule has 0 aliphatic heterocycles. The summed E-state index contributed by atoms with van der Waals surface area (Å²) in [6.45, 7) is 2.07. The molecular formula is C22H21N3O5. The van der Waals surface area contributed by atoms with E-state index in [1.54, 1.807) is 48.1 Å². The van der Waals surface area contributed by atoms with Crippen LogP contribution >= 0.6 is 0 Å². The highest BCUT2D eigenvalue weighted by molar-refractivity contribution is 6.05. The zero-order valence-electron chi connectivity index (χ0n) is 16.9. The summed E-state index contributed by atoms with van der Waals surface area (Å²) in [4.78, 5) is 22.6. The van der Waals surface area contributed by atoms with Gasteiger partial charge in [-0.05, 0) is 54.5 Å². The lowest BCUT2D eigenvalue weighted by molar-refractivity contribution is -0.384. The molecule has 0 atom stereocenters. The smallest absolute Gasteiger partial charge is 0.269 e. The van der Waals surface area contributed by atoms with Crippen LogP contribution in [-0.2, 0) is 13.7 Å². The van der Waals surface area contributed by atoms with Crippen LogP contribution < -0.4 is 9.47 Å². The highest BCUT2D eigenvalue weighted by Crippen LogP contribution is 2.29. The lowest BCUT2D eigenvalue weighted by Crippen LogP contribution is -2.03. The van der Waals surface area contributed by atoms with Crippen molar-refractivity contribution in [2.75, 3.05) is 7.11 Å². The molecule has 1 aromatic heterocycles. The maximum atomic E-state index is 12.4. The summed E-state index contributed by atoms with van der Waals surface area (Å²) >= 11 is 0. The van der Waals surface area contributed by atoms with Gasteiger partial charge < -0.3 is 9.47 Å². The molecule has 0 N–H and O–H groups in total. The van der Waals surface area contributed by atoms with Gasteiger partial charge in [0.1, 0.15) is 12.3 Å². The van der Waals surface area contributed by atoms with Gasteiger partial charge in [-0.1, -0.05) is 12.1 Å². The number of non-ortho nitro benzene ring substituents is 1. The third-order valence-electron chi connectivity index (χ3n) is 4.41. The van der Waals surface area contributed by atoms with Crippen molar-refractivity contribution in [3.8, 4) is 11.5 Å². The second kappa shape index (κ2) is 9.04. The van der Waals surface area contributed by atoms with Crippen molar-refractivity contribution in [3.05, 3.63) is 87.2 Å². The van der Waals surface area contributed by atoms with Crippen molar-refractivity contribution >= 4 is 17.5 Å². The van der Waals surface area contributed by atoms with E-state index in [4.69, 9.17) is 9.47 Å². The summed E-state index contributed by atoms with van der Waals surface area (Å²) in [6.07, 6.45) is 3.19. The quantitative estimate of drug-likeness (QED) is 0.241. The first-order valence-corrected chi connectivity index (χ1v) is 9.14. The van der Waals surface area contributed by atoms with E-state index < -0.39 is 4.92 Å². The van der Waals surface area contributed by atoms with E-state index in [0.29, 0.717) is 17.2 Å². The van der Waals surface area contributed by atoms with E-state index in [2.05, 4.69) is 5.10 Å². The molecule has 0 amide bonds. The molecule has 3 rings (SSSR count). The number of hydrogen-bond acceptors (Lipinski definition) is 6. The lowest BCUT2D eigenvalue weighted by atomic mass is 10.1. The largest absolute Gasteiger partial charge is 0.493 e. The average molecular weight is 407 g/mol. The summed E-state index contributed by atoms with van der Waals surface area (Å²) in [5.41, 5.74) is 2.90. The Morgan fingerprint density at radius 1 is 1.17 bits per heavy atom. The first kappa shape index (κ1) is 20.8. The van der Waals surface area contributed by atoms with Gasteiger partial charge in [0, 0.05) is 19.2 Å². The Kier molecular flexibility index (Phi) is 6.26. The van der Waals surface area contributed by atoms with Crippen molar-refractivity contribution in [1.82, 2.24) is 9.78 Å². The van der Waals surface area contributed by atoms with Gasteiger partial charge in [0.25, 0.3) is 5.69 Å². The predicted molar refractivity (Wildman–Crippen MR) is 112 cm³/mol. The van der Waals surface area contributed by atoms with Gasteiger partial charge in [0.15, 0.2) is 11.5 Å². The molecule has 3 aromatic rings. The van der Waals surface area contributed by atoms with Crippen LogP contribution in [0.25, 0.3) is 6.08 Å². The van der Waals surface area contributed by atoms with Crippen molar-refractivity contribution in [3.63, 3.8) is 0 Å². The standard InChI is InChI=1S/C22H21N3O5/c1-15-12-19(24(2)23-15)20(26)10-6-16-7-11-21(22(13-16)29-3)30-14-17-4-8-18(9-5-17)25(27)28/h4-13H,14H2,1-3H3/b10-6+. The van der Waals surface area contributed by atoms with Crippen molar-refractivity contribution < 1.29 is 19.2 Å². The predicted octanol–water partition coefficient (Wildman–Crippen LogP) is 4.12. The molecule has 8 nitrogen and oxygen atoms in total. The van der Waals surface area contributed by atoms with E-state index in [0.717, 1.165) is 16.8 Å². The second-order valence-electron chi connectivity index (χ2n) is 6.61. The summed E-state index contributed by atoms with van der Waals surface area (Å²) in [5.74, 6) is 0.903. The second-order valence-corrected chi connectivity index (χ2v) is 6.61. The summed E-state index contributed by atoms with van der Waals surface area (Å²) in [6, 6.07) is 13.2.